The number of aliphatic hydroxyl groups is 1. The normalized spacial score (nSPS) is 11.8. The third kappa shape index (κ3) is 4.17. The zero-order valence-electron chi connectivity index (χ0n) is 15.1. The van der Waals surface area contributed by atoms with Crippen molar-refractivity contribution >= 4 is 16.7 Å². The number of halogens is 3. The van der Waals surface area contributed by atoms with Gasteiger partial charge in [0.1, 0.15) is 11.5 Å². The van der Waals surface area contributed by atoms with E-state index in [1.54, 1.807) is 18.2 Å². The van der Waals surface area contributed by atoms with E-state index in [1.807, 2.05) is 0 Å². The number of hydrogen-bond acceptors (Lipinski definition) is 4. The lowest BCUT2D eigenvalue weighted by atomic mass is 9.95. The molecule has 0 amide bonds. The predicted octanol–water partition coefficient (Wildman–Crippen LogP) is 4.14. The molecule has 0 aliphatic carbocycles. The van der Waals surface area contributed by atoms with E-state index in [0.29, 0.717) is 34.2 Å². The number of rotatable bonds is 7. The zero-order valence-corrected chi connectivity index (χ0v) is 15.1. The number of hydrogen-bond donors (Lipinski definition) is 2. The van der Waals surface area contributed by atoms with Crippen LogP contribution >= 0.6 is 0 Å². The second kappa shape index (κ2) is 8.02. The Morgan fingerprint density at radius 2 is 2.00 bits per heavy atom. The lowest BCUT2D eigenvalue weighted by Gasteiger charge is -2.14. The minimum absolute atomic E-state index is 0.0531. The molecule has 0 saturated heterocycles. The number of aromatic nitrogens is 2. The first-order valence-corrected chi connectivity index (χ1v) is 8.67. The van der Waals surface area contributed by atoms with Crippen LogP contribution in [0.15, 0.2) is 36.5 Å². The van der Waals surface area contributed by atoms with Gasteiger partial charge in [0.05, 0.1) is 24.4 Å². The minimum Gasteiger partial charge on any atom is -0.496 e. The van der Waals surface area contributed by atoms with E-state index in [1.165, 1.54) is 13.3 Å². The molecule has 8 heteroatoms. The number of benzene rings is 2. The summed E-state index contributed by atoms with van der Waals surface area (Å²) < 4.78 is 45.4. The van der Waals surface area contributed by atoms with E-state index in [2.05, 4.69) is 10.2 Å². The summed E-state index contributed by atoms with van der Waals surface area (Å²) in [7, 11) is 1.44. The van der Waals surface area contributed by atoms with Crippen molar-refractivity contribution in [1.82, 2.24) is 10.2 Å². The Balaban J connectivity index is 2.10. The third-order valence-corrected chi connectivity index (χ3v) is 4.46. The summed E-state index contributed by atoms with van der Waals surface area (Å²) in [6, 6.07) is 7.08. The number of aliphatic hydroxyl groups excluding tert-OH is 1. The highest BCUT2D eigenvalue weighted by molar-refractivity contribution is 5.97. The summed E-state index contributed by atoms with van der Waals surface area (Å²) in [4.78, 5) is 12.0. The van der Waals surface area contributed by atoms with E-state index in [0.717, 1.165) is 12.1 Å². The van der Waals surface area contributed by atoms with Gasteiger partial charge in [-0.25, -0.2) is 0 Å². The Morgan fingerprint density at radius 3 is 2.68 bits per heavy atom. The van der Waals surface area contributed by atoms with Crippen molar-refractivity contribution in [3.05, 3.63) is 47.7 Å². The number of nitrogens with zero attached hydrogens (tertiary/aromatic N) is 1. The smallest absolute Gasteiger partial charge is 0.416 e. The highest BCUT2D eigenvalue weighted by Gasteiger charge is 2.32. The topological polar surface area (TPSA) is 75.2 Å². The van der Waals surface area contributed by atoms with Gasteiger partial charge < -0.3 is 9.84 Å². The maximum atomic E-state index is 13.3. The van der Waals surface area contributed by atoms with Gasteiger partial charge in [-0.2, -0.15) is 18.3 Å². The Labute approximate surface area is 159 Å². The lowest BCUT2D eigenvalue weighted by molar-refractivity contribution is -0.137. The number of Topliss-reactive ketones (excluding diaryl/α,β-unsaturated/α-hetero) is 1. The fourth-order valence-electron chi connectivity index (χ4n) is 3.11. The number of carbonyl (C=O) groups is 1. The molecule has 0 radical (unpaired) electrons. The van der Waals surface area contributed by atoms with Gasteiger partial charge in [0, 0.05) is 30.4 Å². The molecule has 0 aliphatic heterocycles. The molecular formula is C20H19F3N2O3. The average Bonchev–Trinajstić information content (AvgIpc) is 3.13. The molecule has 3 aromatic rings. The van der Waals surface area contributed by atoms with Crippen LogP contribution in [0.3, 0.4) is 0 Å². The van der Waals surface area contributed by atoms with E-state index < -0.39 is 11.7 Å². The number of alkyl halides is 3. The molecular weight excluding hydrogens is 373 g/mol. The average molecular weight is 392 g/mol. The largest absolute Gasteiger partial charge is 0.496 e. The van der Waals surface area contributed by atoms with Gasteiger partial charge in [-0.1, -0.05) is 6.07 Å². The molecule has 2 aromatic carbocycles. The highest BCUT2D eigenvalue weighted by Crippen LogP contribution is 2.40. The Hall–Kier alpha value is -2.87. The van der Waals surface area contributed by atoms with Crippen LogP contribution in [-0.2, 0) is 17.4 Å². The molecule has 0 atom stereocenters. The number of aromatic amines is 1. The molecule has 1 heterocycles. The summed E-state index contributed by atoms with van der Waals surface area (Å²) in [5, 5.41) is 15.8. The molecule has 0 fully saturated rings. The van der Waals surface area contributed by atoms with Crippen molar-refractivity contribution in [2.75, 3.05) is 13.7 Å². The first-order valence-electron chi connectivity index (χ1n) is 8.67. The Morgan fingerprint density at radius 1 is 1.21 bits per heavy atom. The van der Waals surface area contributed by atoms with Crippen molar-refractivity contribution in [2.45, 2.75) is 25.4 Å². The highest BCUT2D eigenvalue weighted by atomic mass is 19.4. The van der Waals surface area contributed by atoms with Gasteiger partial charge in [-0.3, -0.25) is 9.89 Å². The number of fused-ring (bicyclic) bond motifs is 1. The van der Waals surface area contributed by atoms with Crippen LogP contribution in [0.5, 0.6) is 5.75 Å². The van der Waals surface area contributed by atoms with Crippen LogP contribution in [-0.4, -0.2) is 34.8 Å². The van der Waals surface area contributed by atoms with Crippen LogP contribution in [0.4, 0.5) is 13.2 Å². The molecule has 3 rings (SSSR count). The number of ketones is 1. The van der Waals surface area contributed by atoms with E-state index in [4.69, 9.17) is 9.84 Å². The number of ether oxygens (including phenoxy) is 1. The first kappa shape index (κ1) is 19.9. The lowest BCUT2D eigenvalue weighted by Crippen LogP contribution is -2.06. The zero-order chi connectivity index (χ0) is 20.3. The van der Waals surface area contributed by atoms with Gasteiger partial charge in [0.15, 0.2) is 0 Å². The molecule has 0 aliphatic rings. The predicted molar refractivity (Wildman–Crippen MR) is 98.1 cm³/mol. The molecule has 28 heavy (non-hydrogen) atoms. The number of methoxy groups -OCH3 is 1. The van der Waals surface area contributed by atoms with Crippen molar-refractivity contribution < 1.29 is 27.8 Å². The summed E-state index contributed by atoms with van der Waals surface area (Å²) in [6.45, 7) is -0.0672. The summed E-state index contributed by atoms with van der Waals surface area (Å²) >= 11 is 0. The second-order valence-corrected chi connectivity index (χ2v) is 6.43. The summed E-state index contributed by atoms with van der Waals surface area (Å²) in [5.74, 6) is 0.344. The number of H-pyrrole nitrogens is 1. The van der Waals surface area contributed by atoms with Crippen molar-refractivity contribution in [1.29, 1.82) is 0 Å². The van der Waals surface area contributed by atoms with Gasteiger partial charge in [0.2, 0.25) is 0 Å². The monoisotopic (exact) mass is 392 g/mol. The molecule has 0 unspecified atom stereocenters. The summed E-state index contributed by atoms with van der Waals surface area (Å²) in [5.41, 5.74) is 0.891. The van der Waals surface area contributed by atoms with Crippen LogP contribution in [0.1, 0.15) is 24.0 Å². The van der Waals surface area contributed by atoms with E-state index in [9.17, 15) is 18.0 Å². The third-order valence-electron chi connectivity index (χ3n) is 4.46. The van der Waals surface area contributed by atoms with E-state index in [-0.39, 0.29) is 30.7 Å². The Kier molecular flexibility index (Phi) is 5.69. The quantitative estimate of drug-likeness (QED) is 0.634. The standard InChI is InChI=1S/C20H19F3N2O3/c1-28-19-5-4-12(7-14(27)3-2-6-26)8-16(19)15-9-13(20(21,22)23)10-18-17(15)11-24-25-18/h4-5,8-11,26H,2-3,6-7H2,1H3,(H,24,25). The fraction of sp³-hybridized carbons (Fsp3) is 0.300. The van der Waals surface area contributed by atoms with Crippen LogP contribution < -0.4 is 4.74 Å². The molecule has 1 aromatic heterocycles. The maximum Gasteiger partial charge on any atom is 0.416 e. The molecule has 0 spiro atoms. The Bertz CT molecular complexity index is 996. The van der Waals surface area contributed by atoms with Crippen molar-refractivity contribution in [2.24, 2.45) is 0 Å². The number of nitrogens with one attached hydrogen (secondary N) is 1. The first-order chi connectivity index (χ1) is 13.3. The van der Waals surface area contributed by atoms with Gasteiger partial charge in [-0.15, -0.1) is 0 Å². The minimum atomic E-state index is -4.51. The molecule has 2 N–H and O–H groups in total. The maximum absolute atomic E-state index is 13.3. The number of carbonyl (C=O) groups excluding carboxylic acids is 1. The van der Waals surface area contributed by atoms with Crippen molar-refractivity contribution in [3.8, 4) is 16.9 Å². The van der Waals surface area contributed by atoms with Gasteiger partial charge in [0.25, 0.3) is 0 Å². The van der Waals surface area contributed by atoms with Gasteiger partial charge in [-0.05, 0) is 41.8 Å². The summed E-state index contributed by atoms with van der Waals surface area (Å²) in [6.07, 6.45) is -2.30. The SMILES string of the molecule is COc1ccc(CC(=O)CCCO)cc1-c1cc(C(F)(F)F)cc2[nH]ncc12. The van der Waals surface area contributed by atoms with Crippen molar-refractivity contribution in [3.63, 3.8) is 0 Å². The molecule has 5 nitrogen and oxygen atoms in total. The van der Waals surface area contributed by atoms with E-state index >= 15 is 0 Å². The fourth-order valence-corrected chi connectivity index (χ4v) is 3.11. The van der Waals surface area contributed by atoms with Crippen LogP contribution in [0.2, 0.25) is 0 Å². The van der Waals surface area contributed by atoms with Crippen LogP contribution in [0.25, 0.3) is 22.0 Å². The van der Waals surface area contributed by atoms with Crippen LogP contribution in [0, 0.1) is 0 Å². The molecule has 0 saturated carbocycles. The van der Waals surface area contributed by atoms with Gasteiger partial charge >= 0.3 is 6.18 Å². The molecule has 148 valence electrons. The second-order valence-electron chi connectivity index (χ2n) is 6.43. The molecule has 0 bridgehead atoms.